The largest absolute Gasteiger partial charge is 0.372 e. The second-order valence-corrected chi connectivity index (χ2v) is 6.46. The van der Waals surface area contributed by atoms with Gasteiger partial charge in [0, 0.05) is 5.69 Å². The molecule has 1 aliphatic heterocycles. The van der Waals surface area contributed by atoms with Crippen LogP contribution in [0.2, 0.25) is 5.02 Å². The van der Waals surface area contributed by atoms with Crippen molar-refractivity contribution in [3.8, 4) is 0 Å². The predicted octanol–water partition coefficient (Wildman–Crippen LogP) is 3.86. The average Bonchev–Trinajstić information content (AvgIpc) is 2.54. The van der Waals surface area contributed by atoms with Gasteiger partial charge in [0.15, 0.2) is 0 Å². The van der Waals surface area contributed by atoms with Crippen LogP contribution in [-0.4, -0.2) is 17.9 Å². The number of hydrogen-bond donors (Lipinski definition) is 3. The molecule has 0 aliphatic carbocycles. The first-order chi connectivity index (χ1) is 11.8. The summed E-state index contributed by atoms with van der Waals surface area (Å²) < 4.78 is 13.2. The van der Waals surface area contributed by atoms with Gasteiger partial charge in [0.1, 0.15) is 11.9 Å². The molecule has 0 saturated heterocycles. The van der Waals surface area contributed by atoms with Gasteiger partial charge in [-0.3, -0.25) is 9.59 Å². The number of amides is 2. The molecule has 3 N–H and O–H groups in total. The summed E-state index contributed by atoms with van der Waals surface area (Å²) in [4.78, 5) is 24.4. The van der Waals surface area contributed by atoms with E-state index in [0.29, 0.717) is 11.4 Å². The van der Waals surface area contributed by atoms with Gasteiger partial charge in [0.05, 0.1) is 22.8 Å². The fourth-order valence-corrected chi connectivity index (χ4v) is 2.81. The topological polar surface area (TPSA) is 70.2 Å². The molecule has 0 aromatic heterocycles. The van der Waals surface area contributed by atoms with Crippen molar-refractivity contribution in [3.63, 3.8) is 0 Å². The lowest BCUT2D eigenvalue weighted by atomic mass is 10.0. The smallest absolute Gasteiger partial charge is 0.247 e. The molecule has 25 heavy (non-hydrogen) atoms. The van der Waals surface area contributed by atoms with Crippen LogP contribution >= 0.6 is 11.6 Å². The Bertz CT molecular complexity index is 870. The zero-order valence-electron chi connectivity index (χ0n) is 13.7. The Labute approximate surface area is 149 Å². The number of nitrogens with one attached hydrogen (secondary N) is 3. The van der Waals surface area contributed by atoms with Crippen molar-refractivity contribution >= 4 is 40.5 Å². The summed E-state index contributed by atoms with van der Waals surface area (Å²) in [6, 6.07) is 7.05. The van der Waals surface area contributed by atoms with E-state index in [1.54, 1.807) is 0 Å². The molecule has 1 aliphatic rings. The molecule has 3 rings (SSSR count). The molecule has 0 unspecified atom stereocenters. The fraction of sp³-hybridized carbons (Fsp3) is 0.222. The van der Waals surface area contributed by atoms with E-state index in [9.17, 15) is 14.0 Å². The quantitative estimate of drug-likeness (QED) is 0.777. The maximum atomic E-state index is 13.2. The summed E-state index contributed by atoms with van der Waals surface area (Å²) in [5.74, 6) is -1.21. The number of rotatable bonds is 3. The van der Waals surface area contributed by atoms with E-state index in [0.717, 1.165) is 16.8 Å². The van der Waals surface area contributed by atoms with Crippen molar-refractivity contribution in [3.05, 3.63) is 52.3 Å². The molecule has 0 spiro atoms. The van der Waals surface area contributed by atoms with Crippen molar-refractivity contribution < 1.29 is 14.0 Å². The van der Waals surface area contributed by atoms with E-state index in [4.69, 9.17) is 11.6 Å². The maximum Gasteiger partial charge on any atom is 0.247 e. The number of fused-ring (bicyclic) bond motifs is 1. The Hall–Kier alpha value is -2.60. The van der Waals surface area contributed by atoms with Crippen LogP contribution in [0.4, 0.5) is 21.5 Å². The summed E-state index contributed by atoms with van der Waals surface area (Å²) in [6.45, 7) is 3.95. The lowest BCUT2D eigenvalue weighted by Crippen LogP contribution is -2.41. The SMILES string of the molecule is Cc1cc2c(cc1C)N[C@H](CC(=O)Nc1ccc(F)c(Cl)c1)C(=O)N2. The van der Waals surface area contributed by atoms with Crippen molar-refractivity contribution in [2.75, 3.05) is 16.0 Å². The highest BCUT2D eigenvalue weighted by Gasteiger charge is 2.28. The van der Waals surface area contributed by atoms with Crippen LogP contribution < -0.4 is 16.0 Å². The Morgan fingerprint density at radius 2 is 1.88 bits per heavy atom. The van der Waals surface area contributed by atoms with Crippen molar-refractivity contribution in [1.82, 2.24) is 0 Å². The van der Waals surface area contributed by atoms with E-state index in [1.807, 2.05) is 26.0 Å². The van der Waals surface area contributed by atoms with E-state index >= 15 is 0 Å². The minimum Gasteiger partial charge on any atom is -0.372 e. The summed E-state index contributed by atoms with van der Waals surface area (Å²) >= 11 is 5.69. The molecule has 1 atom stereocenters. The van der Waals surface area contributed by atoms with Crippen molar-refractivity contribution in [2.45, 2.75) is 26.3 Å². The third-order valence-electron chi connectivity index (χ3n) is 4.13. The number of hydrogen-bond acceptors (Lipinski definition) is 3. The molecule has 5 nitrogen and oxygen atoms in total. The minimum atomic E-state index is -0.689. The zero-order valence-corrected chi connectivity index (χ0v) is 14.5. The molecule has 7 heteroatoms. The van der Waals surface area contributed by atoms with Crippen LogP contribution in [0.5, 0.6) is 0 Å². The molecule has 2 aromatic rings. The van der Waals surface area contributed by atoms with E-state index in [1.165, 1.54) is 18.2 Å². The summed E-state index contributed by atoms with van der Waals surface area (Å²) in [6.07, 6.45) is -0.0623. The second-order valence-electron chi connectivity index (χ2n) is 6.05. The highest BCUT2D eigenvalue weighted by molar-refractivity contribution is 6.31. The standard InChI is InChI=1S/C18H17ClFN3O2/c1-9-5-14-15(6-10(9)2)23-18(25)16(22-14)8-17(24)21-11-3-4-13(20)12(19)7-11/h3-7,16,22H,8H2,1-2H3,(H,21,24)(H,23,25)/t16-/m1/s1. The van der Waals surface area contributed by atoms with Gasteiger partial charge in [-0.1, -0.05) is 11.6 Å². The van der Waals surface area contributed by atoms with Crippen molar-refractivity contribution in [2.24, 2.45) is 0 Å². The van der Waals surface area contributed by atoms with E-state index < -0.39 is 11.9 Å². The summed E-state index contributed by atoms with van der Waals surface area (Å²) in [7, 11) is 0. The lowest BCUT2D eigenvalue weighted by Gasteiger charge is -2.27. The number of carbonyl (C=O) groups is 2. The highest BCUT2D eigenvalue weighted by Crippen LogP contribution is 2.30. The Morgan fingerprint density at radius 1 is 1.20 bits per heavy atom. The van der Waals surface area contributed by atoms with Crippen LogP contribution in [0.1, 0.15) is 17.5 Å². The molecule has 0 radical (unpaired) electrons. The van der Waals surface area contributed by atoms with Crippen LogP contribution in [0.3, 0.4) is 0 Å². The fourth-order valence-electron chi connectivity index (χ4n) is 2.63. The van der Waals surface area contributed by atoms with Crippen molar-refractivity contribution in [1.29, 1.82) is 0 Å². The molecule has 1 heterocycles. The Morgan fingerprint density at radius 3 is 2.56 bits per heavy atom. The first-order valence-electron chi connectivity index (χ1n) is 7.77. The van der Waals surface area contributed by atoms with Gasteiger partial charge in [0.25, 0.3) is 0 Å². The summed E-state index contributed by atoms with van der Waals surface area (Å²) in [5.41, 5.74) is 4.02. The Kier molecular flexibility index (Phi) is 4.63. The van der Waals surface area contributed by atoms with Crippen LogP contribution in [0.15, 0.2) is 30.3 Å². The van der Waals surface area contributed by atoms with Crippen LogP contribution in [0, 0.1) is 19.7 Å². The first kappa shape index (κ1) is 17.2. The van der Waals surface area contributed by atoms with Gasteiger partial charge in [-0.05, 0) is 55.3 Å². The van der Waals surface area contributed by atoms with Gasteiger partial charge >= 0.3 is 0 Å². The highest BCUT2D eigenvalue weighted by atomic mass is 35.5. The number of halogens is 2. The molecular weight excluding hydrogens is 345 g/mol. The predicted molar refractivity (Wildman–Crippen MR) is 96.6 cm³/mol. The molecule has 0 saturated carbocycles. The molecule has 2 amide bonds. The molecule has 0 bridgehead atoms. The zero-order chi connectivity index (χ0) is 18.1. The molecule has 2 aromatic carbocycles. The number of benzene rings is 2. The van der Waals surface area contributed by atoms with Gasteiger partial charge < -0.3 is 16.0 Å². The number of aryl methyl sites for hydroxylation is 2. The third kappa shape index (κ3) is 3.74. The second kappa shape index (κ2) is 6.72. The van der Waals surface area contributed by atoms with Gasteiger partial charge in [-0.15, -0.1) is 0 Å². The first-order valence-corrected chi connectivity index (χ1v) is 8.15. The monoisotopic (exact) mass is 361 g/mol. The van der Waals surface area contributed by atoms with E-state index in [2.05, 4.69) is 16.0 Å². The number of anilines is 3. The van der Waals surface area contributed by atoms with Gasteiger partial charge in [0.2, 0.25) is 11.8 Å². The van der Waals surface area contributed by atoms with Gasteiger partial charge in [-0.2, -0.15) is 0 Å². The van der Waals surface area contributed by atoms with Crippen LogP contribution in [-0.2, 0) is 9.59 Å². The lowest BCUT2D eigenvalue weighted by molar-refractivity contribution is -0.122. The average molecular weight is 362 g/mol. The molecule has 130 valence electrons. The molecular formula is C18H17ClFN3O2. The normalized spacial score (nSPS) is 15.8. The molecule has 0 fully saturated rings. The maximum absolute atomic E-state index is 13.2. The third-order valence-corrected chi connectivity index (χ3v) is 4.42. The number of carbonyl (C=O) groups excluding carboxylic acids is 2. The minimum absolute atomic E-state index is 0.0623. The Balaban J connectivity index is 1.69. The summed E-state index contributed by atoms with van der Waals surface area (Å²) in [5, 5.41) is 8.44. The van der Waals surface area contributed by atoms with E-state index in [-0.39, 0.29) is 23.3 Å². The van der Waals surface area contributed by atoms with Gasteiger partial charge in [-0.25, -0.2) is 4.39 Å². The van der Waals surface area contributed by atoms with Crippen LogP contribution in [0.25, 0.3) is 0 Å².